The number of fused-ring (bicyclic) bond motifs is 1. The standard InChI is InChI=1S/C21H20FN3O4/c1-27-16-8-7-14(19(28-2)20(16)29-3)15-10-17(26)24-21-18(15)23-11-25(21)13-6-4-5-12(22)9-13/h4-9,11,15H,10H2,1-3H3,(H,24,26). The van der Waals surface area contributed by atoms with Gasteiger partial charge in [0.2, 0.25) is 11.7 Å². The molecule has 1 aliphatic rings. The number of hydrogen-bond acceptors (Lipinski definition) is 5. The fraction of sp³-hybridized carbons (Fsp3) is 0.238. The van der Waals surface area contributed by atoms with Crippen LogP contribution < -0.4 is 19.5 Å². The molecule has 8 heteroatoms. The van der Waals surface area contributed by atoms with Crippen LogP contribution in [0.2, 0.25) is 0 Å². The molecule has 0 fully saturated rings. The Morgan fingerprint density at radius 1 is 1.10 bits per heavy atom. The molecule has 1 atom stereocenters. The van der Waals surface area contributed by atoms with E-state index >= 15 is 0 Å². The molecule has 0 bridgehead atoms. The van der Waals surface area contributed by atoms with Crippen molar-refractivity contribution < 1.29 is 23.4 Å². The molecule has 7 nitrogen and oxygen atoms in total. The summed E-state index contributed by atoms with van der Waals surface area (Å²) in [7, 11) is 4.61. The van der Waals surface area contributed by atoms with Crippen LogP contribution in [0, 0.1) is 5.82 Å². The highest BCUT2D eigenvalue weighted by Gasteiger charge is 2.34. The van der Waals surface area contributed by atoms with E-state index in [-0.39, 0.29) is 24.1 Å². The number of ether oxygens (including phenoxy) is 3. The third kappa shape index (κ3) is 3.16. The third-order valence-electron chi connectivity index (χ3n) is 4.97. The molecule has 0 saturated heterocycles. The maximum Gasteiger partial charge on any atom is 0.226 e. The van der Waals surface area contributed by atoms with Crippen LogP contribution in [0.4, 0.5) is 10.2 Å². The second-order valence-electron chi connectivity index (χ2n) is 6.56. The van der Waals surface area contributed by atoms with Gasteiger partial charge in [-0.1, -0.05) is 12.1 Å². The van der Waals surface area contributed by atoms with Gasteiger partial charge in [-0.2, -0.15) is 0 Å². The number of methoxy groups -OCH3 is 3. The van der Waals surface area contributed by atoms with E-state index in [9.17, 15) is 9.18 Å². The first-order valence-corrected chi connectivity index (χ1v) is 8.99. The zero-order chi connectivity index (χ0) is 20.5. The lowest BCUT2D eigenvalue weighted by molar-refractivity contribution is -0.116. The molecule has 0 radical (unpaired) electrons. The SMILES string of the molecule is COc1ccc(C2CC(=O)Nc3c2ncn3-c2cccc(F)c2)c(OC)c1OC. The first-order valence-electron chi connectivity index (χ1n) is 8.99. The number of rotatable bonds is 5. The number of imidazole rings is 1. The summed E-state index contributed by atoms with van der Waals surface area (Å²) in [5, 5.41) is 2.86. The molecule has 0 saturated carbocycles. The summed E-state index contributed by atoms with van der Waals surface area (Å²) in [4.78, 5) is 17.0. The summed E-state index contributed by atoms with van der Waals surface area (Å²) >= 11 is 0. The summed E-state index contributed by atoms with van der Waals surface area (Å²) in [6.45, 7) is 0. The van der Waals surface area contributed by atoms with Crippen molar-refractivity contribution in [2.45, 2.75) is 12.3 Å². The van der Waals surface area contributed by atoms with Crippen molar-refractivity contribution in [3.8, 4) is 22.9 Å². The van der Waals surface area contributed by atoms with Gasteiger partial charge in [-0.05, 0) is 24.3 Å². The number of nitrogens with one attached hydrogen (secondary N) is 1. The molecule has 3 aromatic rings. The molecule has 29 heavy (non-hydrogen) atoms. The number of nitrogens with zero attached hydrogens (tertiary/aromatic N) is 2. The first-order chi connectivity index (χ1) is 14.1. The number of benzene rings is 2. The van der Waals surface area contributed by atoms with Crippen LogP contribution >= 0.6 is 0 Å². The molecule has 2 aromatic carbocycles. The zero-order valence-corrected chi connectivity index (χ0v) is 16.2. The van der Waals surface area contributed by atoms with Crippen LogP contribution in [0.1, 0.15) is 23.6 Å². The van der Waals surface area contributed by atoms with E-state index in [0.717, 1.165) is 5.56 Å². The average molecular weight is 397 g/mol. The Kier molecular flexibility index (Phi) is 4.84. The molecule has 0 spiro atoms. The number of aromatic nitrogens is 2. The molecular weight excluding hydrogens is 377 g/mol. The molecular formula is C21H20FN3O4. The highest BCUT2D eigenvalue weighted by molar-refractivity contribution is 5.94. The minimum Gasteiger partial charge on any atom is -0.493 e. The Bertz CT molecular complexity index is 1080. The molecule has 2 heterocycles. The minimum atomic E-state index is -0.370. The summed E-state index contributed by atoms with van der Waals surface area (Å²) in [5.74, 6) is 1.07. The number of halogens is 1. The highest BCUT2D eigenvalue weighted by atomic mass is 19.1. The Morgan fingerprint density at radius 2 is 1.90 bits per heavy atom. The van der Waals surface area contributed by atoms with Crippen molar-refractivity contribution in [3.63, 3.8) is 0 Å². The molecule has 150 valence electrons. The second-order valence-corrected chi connectivity index (χ2v) is 6.56. The summed E-state index contributed by atoms with van der Waals surface area (Å²) in [6, 6.07) is 9.71. The quantitative estimate of drug-likeness (QED) is 0.713. The van der Waals surface area contributed by atoms with Crippen LogP contribution in [0.15, 0.2) is 42.7 Å². The van der Waals surface area contributed by atoms with E-state index in [1.165, 1.54) is 26.4 Å². The summed E-state index contributed by atoms with van der Waals surface area (Å²) < 4.78 is 31.8. The molecule has 1 unspecified atom stereocenters. The number of amides is 1. The predicted molar refractivity (Wildman–Crippen MR) is 105 cm³/mol. The van der Waals surface area contributed by atoms with Crippen LogP contribution in [0.3, 0.4) is 0 Å². The molecule has 1 N–H and O–H groups in total. The largest absolute Gasteiger partial charge is 0.493 e. The number of carbonyl (C=O) groups excluding carboxylic acids is 1. The average Bonchev–Trinajstić information content (AvgIpc) is 3.15. The fourth-order valence-electron chi connectivity index (χ4n) is 3.68. The molecule has 0 aliphatic carbocycles. The van der Waals surface area contributed by atoms with Crippen molar-refractivity contribution >= 4 is 11.7 Å². The molecule has 1 amide bonds. The smallest absolute Gasteiger partial charge is 0.226 e. The van der Waals surface area contributed by atoms with Gasteiger partial charge < -0.3 is 19.5 Å². The van der Waals surface area contributed by atoms with E-state index in [2.05, 4.69) is 10.3 Å². The van der Waals surface area contributed by atoms with E-state index in [1.807, 2.05) is 6.07 Å². The maximum absolute atomic E-state index is 13.7. The second kappa shape index (κ2) is 7.46. The van der Waals surface area contributed by atoms with Crippen molar-refractivity contribution in [2.75, 3.05) is 26.6 Å². The van der Waals surface area contributed by atoms with Crippen molar-refractivity contribution in [1.29, 1.82) is 0 Å². The van der Waals surface area contributed by atoms with E-state index in [4.69, 9.17) is 14.2 Å². The van der Waals surface area contributed by atoms with Crippen molar-refractivity contribution in [1.82, 2.24) is 9.55 Å². The van der Waals surface area contributed by atoms with Crippen molar-refractivity contribution in [2.24, 2.45) is 0 Å². The van der Waals surface area contributed by atoms with Crippen LogP contribution in [0.25, 0.3) is 5.69 Å². The lowest BCUT2D eigenvalue weighted by atomic mass is 9.88. The van der Waals surface area contributed by atoms with Gasteiger partial charge >= 0.3 is 0 Å². The maximum atomic E-state index is 13.7. The van der Waals surface area contributed by atoms with E-state index in [0.29, 0.717) is 34.4 Å². The highest BCUT2D eigenvalue weighted by Crippen LogP contribution is 2.47. The predicted octanol–water partition coefficient (Wildman–Crippen LogP) is 3.51. The molecule has 1 aromatic heterocycles. The molecule has 1 aliphatic heterocycles. The van der Waals surface area contributed by atoms with Gasteiger partial charge in [-0.15, -0.1) is 0 Å². The summed E-state index contributed by atoms with van der Waals surface area (Å²) in [5.41, 5.74) is 1.99. The van der Waals surface area contributed by atoms with Crippen molar-refractivity contribution in [3.05, 3.63) is 59.8 Å². The van der Waals surface area contributed by atoms with Crippen LogP contribution in [0.5, 0.6) is 17.2 Å². The minimum absolute atomic E-state index is 0.169. The van der Waals surface area contributed by atoms with Gasteiger partial charge in [-0.25, -0.2) is 9.37 Å². The lowest BCUT2D eigenvalue weighted by Gasteiger charge is -2.25. The van der Waals surface area contributed by atoms with Gasteiger partial charge in [0.1, 0.15) is 18.0 Å². The van der Waals surface area contributed by atoms with Gasteiger partial charge in [-0.3, -0.25) is 9.36 Å². The lowest BCUT2D eigenvalue weighted by Crippen LogP contribution is -2.25. The Balaban J connectivity index is 1.86. The van der Waals surface area contributed by atoms with Crippen LogP contribution in [-0.4, -0.2) is 36.8 Å². The Hall–Kier alpha value is -3.55. The summed E-state index contributed by atoms with van der Waals surface area (Å²) in [6.07, 6.45) is 1.77. The Morgan fingerprint density at radius 3 is 2.59 bits per heavy atom. The number of hydrogen-bond donors (Lipinski definition) is 1. The topological polar surface area (TPSA) is 74.6 Å². The number of carbonyl (C=O) groups is 1. The van der Waals surface area contributed by atoms with Gasteiger partial charge in [0.25, 0.3) is 0 Å². The Labute approximate surface area is 167 Å². The van der Waals surface area contributed by atoms with E-state index < -0.39 is 0 Å². The van der Waals surface area contributed by atoms with Gasteiger partial charge in [0.05, 0.1) is 32.7 Å². The van der Waals surface area contributed by atoms with E-state index in [1.54, 1.807) is 36.2 Å². The third-order valence-corrected chi connectivity index (χ3v) is 4.97. The van der Waals surface area contributed by atoms with Crippen LogP contribution in [-0.2, 0) is 4.79 Å². The zero-order valence-electron chi connectivity index (χ0n) is 16.2. The van der Waals surface area contributed by atoms with Gasteiger partial charge in [0, 0.05) is 17.9 Å². The molecule has 4 rings (SSSR count). The fourth-order valence-corrected chi connectivity index (χ4v) is 3.68. The monoisotopic (exact) mass is 397 g/mol. The number of anilines is 1. The van der Waals surface area contributed by atoms with Gasteiger partial charge in [0.15, 0.2) is 11.5 Å². The first kappa shape index (κ1) is 18.8. The normalized spacial score (nSPS) is 15.4.